The molecule has 3 aromatic carbocycles. The second-order valence-electron chi connectivity index (χ2n) is 11.9. The first kappa shape index (κ1) is 28.3. The van der Waals surface area contributed by atoms with Gasteiger partial charge in [0.15, 0.2) is 0 Å². The highest BCUT2D eigenvalue weighted by Gasteiger charge is 2.21. The average Bonchev–Trinajstić information content (AvgIpc) is 3.01. The van der Waals surface area contributed by atoms with Gasteiger partial charge in [-0.25, -0.2) is 0 Å². The lowest BCUT2D eigenvalue weighted by Gasteiger charge is -2.26. The SMILES string of the molecule is COc1ccc(C(=Cc2cc(C)c(C=C(c3ccc(OC)cc3)C3CCCCC3)cc2C)C2CCCCC2)cc1. The summed E-state index contributed by atoms with van der Waals surface area (Å²) in [5.74, 6) is 3.07. The van der Waals surface area contributed by atoms with Crippen LogP contribution in [0.5, 0.6) is 11.5 Å². The van der Waals surface area contributed by atoms with Crippen molar-refractivity contribution in [2.45, 2.75) is 78.1 Å². The van der Waals surface area contributed by atoms with Gasteiger partial charge in [0, 0.05) is 0 Å². The van der Waals surface area contributed by atoms with Crippen LogP contribution in [0, 0.1) is 25.7 Å². The van der Waals surface area contributed by atoms with E-state index >= 15 is 0 Å². The minimum Gasteiger partial charge on any atom is -0.497 e. The summed E-state index contributed by atoms with van der Waals surface area (Å²) in [7, 11) is 3.48. The maximum Gasteiger partial charge on any atom is 0.118 e. The van der Waals surface area contributed by atoms with Gasteiger partial charge >= 0.3 is 0 Å². The van der Waals surface area contributed by atoms with E-state index in [9.17, 15) is 0 Å². The Morgan fingerprint density at radius 1 is 0.550 bits per heavy atom. The minimum absolute atomic E-state index is 0.620. The predicted octanol–water partition coefficient (Wildman–Crippen LogP) is 10.6. The zero-order valence-corrected chi connectivity index (χ0v) is 25.0. The van der Waals surface area contributed by atoms with Crippen molar-refractivity contribution < 1.29 is 9.47 Å². The van der Waals surface area contributed by atoms with Gasteiger partial charge in [0.1, 0.15) is 11.5 Å². The van der Waals surface area contributed by atoms with Crippen LogP contribution < -0.4 is 9.47 Å². The van der Waals surface area contributed by atoms with Crippen LogP contribution in [-0.4, -0.2) is 14.2 Å². The topological polar surface area (TPSA) is 18.5 Å². The summed E-state index contributed by atoms with van der Waals surface area (Å²) in [6.07, 6.45) is 18.1. The molecule has 0 unspecified atom stereocenters. The monoisotopic (exact) mass is 534 g/mol. The summed E-state index contributed by atoms with van der Waals surface area (Å²) in [4.78, 5) is 0. The third-order valence-electron chi connectivity index (χ3n) is 9.21. The molecule has 2 aliphatic rings. The van der Waals surface area contributed by atoms with Crippen LogP contribution in [0.25, 0.3) is 23.3 Å². The van der Waals surface area contributed by atoms with Gasteiger partial charge in [-0.05, 0) is 120 Å². The van der Waals surface area contributed by atoms with Crippen LogP contribution in [0.15, 0.2) is 60.7 Å². The van der Waals surface area contributed by atoms with E-state index in [1.54, 1.807) is 14.2 Å². The number of ether oxygens (including phenoxy) is 2. The zero-order chi connectivity index (χ0) is 27.9. The van der Waals surface area contributed by atoms with Crippen LogP contribution in [-0.2, 0) is 0 Å². The number of benzene rings is 3. The Balaban J connectivity index is 1.53. The molecule has 2 heteroatoms. The lowest BCUT2D eigenvalue weighted by molar-refractivity contribution is 0.414. The molecular weight excluding hydrogens is 488 g/mol. The van der Waals surface area contributed by atoms with E-state index in [2.05, 4.69) is 86.7 Å². The largest absolute Gasteiger partial charge is 0.497 e. The van der Waals surface area contributed by atoms with Crippen molar-refractivity contribution in [3.05, 3.63) is 94.0 Å². The summed E-state index contributed by atoms with van der Waals surface area (Å²) < 4.78 is 10.9. The van der Waals surface area contributed by atoms with Crippen molar-refractivity contribution >= 4 is 23.3 Å². The first-order valence-corrected chi connectivity index (χ1v) is 15.4. The Bertz CT molecular complexity index is 1210. The third kappa shape index (κ3) is 6.72. The summed E-state index contributed by atoms with van der Waals surface area (Å²) in [6, 6.07) is 22.2. The first-order chi connectivity index (χ1) is 19.6. The average molecular weight is 535 g/mol. The molecule has 2 aliphatic carbocycles. The van der Waals surface area contributed by atoms with E-state index in [-0.39, 0.29) is 0 Å². The number of hydrogen-bond donors (Lipinski definition) is 0. The number of aryl methyl sites for hydroxylation is 2. The van der Waals surface area contributed by atoms with Gasteiger partial charge in [0.05, 0.1) is 14.2 Å². The zero-order valence-electron chi connectivity index (χ0n) is 25.0. The van der Waals surface area contributed by atoms with Crippen LogP contribution >= 0.6 is 0 Å². The molecule has 2 saturated carbocycles. The highest BCUT2D eigenvalue weighted by atomic mass is 16.5. The van der Waals surface area contributed by atoms with Crippen molar-refractivity contribution in [2.24, 2.45) is 11.8 Å². The molecule has 210 valence electrons. The van der Waals surface area contributed by atoms with E-state index in [0.717, 1.165) is 11.5 Å². The Morgan fingerprint density at radius 2 is 0.900 bits per heavy atom. The maximum absolute atomic E-state index is 5.45. The molecule has 2 nitrogen and oxygen atoms in total. The Kier molecular flexibility index (Phi) is 9.47. The molecule has 0 heterocycles. The number of methoxy groups -OCH3 is 2. The Morgan fingerprint density at radius 3 is 1.23 bits per heavy atom. The van der Waals surface area contributed by atoms with Crippen molar-refractivity contribution in [1.82, 2.24) is 0 Å². The molecule has 0 bridgehead atoms. The number of rotatable bonds is 8. The fourth-order valence-electron chi connectivity index (χ4n) is 6.77. The highest BCUT2D eigenvalue weighted by Crippen LogP contribution is 2.40. The van der Waals surface area contributed by atoms with E-state index < -0.39 is 0 Å². The smallest absolute Gasteiger partial charge is 0.118 e. The van der Waals surface area contributed by atoms with Crippen LogP contribution in [0.4, 0.5) is 0 Å². The van der Waals surface area contributed by atoms with Crippen molar-refractivity contribution in [3.63, 3.8) is 0 Å². The molecule has 0 N–H and O–H groups in total. The lowest BCUT2D eigenvalue weighted by atomic mass is 9.79. The van der Waals surface area contributed by atoms with Gasteiger partial charge in [-0.1, -0.05) is 87.1 Å². The van der Waals surface area contributed by atoms with Gasteiger partial charge in [-0.15, -0.1) is 0 Å². The van der Waals surface area contributed by atoms with E-state index in [1.165, 1.54) is 109 Å². The first-order valence-electron chi connectivity index (χ1n) is 15.4. The molecule has 0 atom stereocenters. The van der Waals surface area contributed by atoms with Gasteiger partial charge in [-0.3, -0.25) is 0 Å². The lowest BCUT2D eigenvalue weighted by Crippen LogP contribution is -2.09. The van der Waals surface area contributed by atoms with E-state index in [1.807, 2.05) is 0 Å². The van der Waals surface area contributed by atoms with Crippen molar-refractivity contribution in [1.29, 1.82) is 0 Å². The normalized spacial score (nSPS) is 17.6. The number of hydrogen-bond acceptors (Lipinski definition) is 2. The second kappa shape index (κ2) is 13.4. The van der Waals surface area contributed by atoms with E-state index in [0.29, 0.717) is 11.8 Å². The summed E-state index contributed by atoms with van der Waals surface area (Å²) in [5, 5.41) is 0. The van der Waals surface area contributed by atoms with Crippen LogP contribution in [0.1, 0.15) is 97.6 Å². The fourth-order valence-corrected chi connectivity index (χ4v) is 6.77. The molecule has 0 spiro atoms. The standard InChI is InChI=1S/C38H46O2/c1-27-23-34(26-38(30-13-9-6-10-14-30)32-17-21-36(40-4)22-18-32)28(2)24-33(27)25-37(29-11-7-5-8-12-29)31-15-19-35(39-3)20-16-31/h15-26,29-30H,5-14H2,1-4H3. The van der Waals surface area contributed by atoms with Crippen LogP contribution in [0.3, 0.4) is 0 Å². The fraction of sp³-hybridized carbons (Fsp3) is 0.421. The summed E-state index contributed by atoms with van der Waals surface area (Å²) in [6.45, 7) is 4.56. The van der Waals surface area contributed by atoms with Gasteiger partial charge in [0.2, 0.25) is 0 Å². The molecule has 0 aromatic heterocycles. The van der Waals surface area contributed by atoms with Crippen LogP contribution in [0.2, 0.25) is 0 Å². The third-order valence-corrected chi connectivity index (χ3v) is 9.21. The molecule has 3 aromatic rings. The Hall–Kier alpha value is -3.26. The predicted molar refractivity (Wildman–Crippen MR) is 171 cm³/mol. The maximum atomic E-state index is 5.45. The molecule has 2 fully saturated rings. The highest BCUT2D eigenvalue weighted by molar-refractivity contribution is 5.87. The molecule has 0 amide bonds. The molecular formula is C38H46O2. The summed E-state index contributed by atoms with van der Waals surface area (Å²) in [5.41, 5.74) is 11.0. The minimum atomic E-state index is 0.620. The molecule has 0 aliphatic heterocycles. The van der Waals surface area contributed by atoms with Gasteiger partial charge in [-0.2, -0.15) is 0 Å². The van der Waals surface area contributed by atoms with Crippen molar-refractivity contribution in [2.75, 3.05) is 14.2 Å². The Labute approximate surface area is 242 Å². The van der Waals surface area contributed by atoms with Gasteiger partial charge < -0.3 is 9.47 Å². The van der Waals surface area contributed by atoms with Gasteiger partial charge in [0.25, 0.3) is 0 Å². The molecule has 5 rings (SSSR count). The second-order valence-corrected chi connectivity index (χ2v) is 11.9. The van der Waals surface area contributed by atoms with E-state index in [4.69, 9.17) is 9.47 Å². The molecule has 40 heavy (non-hydrogen) atoms. The molecule has 0 radical (unpaired) electrons. The quantitative estimate of drug-likeness (QED) is 0.268. The van der Waals surface area contributed by atoms with Crippen molar-refractivity contribution in [3.8, 4) is 11.5 Å². The molecule has 0 saturated heterocycles. The number of allylic oxidation sites excluding steroid dienone is 2. The summed E-state index contributed by atoms with van der Waals surface area (Å²) >= 11 is 0.